The Balaban J connectivity index is 1.62. The quantitative estimate of drug-likeness (QED) is 0.0515. The van der Waals surface area contributed by atoms with Gasteiger partial charge in [0.1, 0.15) is 5.60 Å². The maximum Gasteiger partial charge on any atom is 0.410 e. The van der Waals surface area contributed by atoms with Crippen LogP contribution in [0.3, 0.4) is 0 Å². The topological polar surface area (TPSA) is 174 Å². The van der Waals surface area contributed by atoms with Crippen LogP contribution < -0.4 is 22.5 Å². The number of benzene rings is 1. The van der Waals surface area contributed by atoms with Crippen molar-refractivity contribution in [3.63, 3.8) is 0 Å². The Morgan fingerprint density at radius 3 is 2.55 bits per heavy atom. The zero-order valence-corrected chi connectivity index (χ0v) is 26.8. The molecule has 1 aliphatic carbocycles. The van der Waals surface area contributed by atoms with E-state index in [1.807, 2.05) is 0 Å². The number of likely N-dealkylation sites (N-methyl/N-ethyl adjacent to an activating group) is 1. The molecule has 0 saturated heterocycles. The van der Waals surface area contributed by atoms with Gasteiger partial charge in [-0.05, 0) is 69.0 Å². The molecule has 0 aliphatic heterocycles. The third kappa shape index (κ3) is 10.6. The van der Waals surface area contributed by atoms with Gasteiger partial charge in [0.05, 0.1) is 32.4 Å². The highest BCUT2D eigenvalue weighted by Gasteiger charge is 2.23. The van der Waals surface area contributed by atoms with E-state index in [4.69, 9.17) is 26.0 Å². The zero-order valence-electron chi connectivity index (χ0n) is 26.0. The van der Waals surface area contributed by atoms with E-state index in [1.54, 1.807) is 52.2 Å². The molecule has 242 valence electrons. The Morgan fingerprint density at radius 1 is 1.20 bits per heavy atom. The molecule has 0 bridgehead atoms. The van der Waals surface area contributed by atoms with E-state index in [2.05, 4.69) is 15.4 Å². The van der Waals surface area contributed by atoms with Gasteiger partial charge in [-0.3, -0.25) is 9.80 Å². The highest BCUT2D eigenvalue weighted by Crippen LogP contribution is 2.34. The summed E-state index contributed by atoms with van der Waals surface area (Å²) in [5.41, 5.74) is 2.57. The lowest BCUT2D eigenvalue weighted by Crippen LogP contribution is -2.76. The number of nitrogens with one attached hydrogen (secondary N) is 1. The number of quaternary nitrogens is 1. The third-order valence-corrected chi connectivity index (χ3v) is 7.83. The van der Waals surface area contributed by atoms with Crippen LogP contribution in [0.15, 0.2) is 40.5 Å². The summed E-state index contributed by atoms with van der Waals surface area (Å²) in [4.78, 5) is 36.7. The molecule has 1 aromatic carbocycles. The van der Waals surface area contributed by atoms with E-state index in [0.29, 0.717) is 23.0 Å². The van der Waals surface area contributed by atoms with Crippen LogP contribution in [0.1, 0.15) is 68.3 Å². The van der Waals surface area contributed by atoms with Crippen molar-refractivity contribution in [2.75, 3.05) is 45.8 Å². The van der Waals surface area contributed by atoms with Crippen molar-refractivity contribution in [1.29, 1.82) is 0 Å². The first-order chi connectivity index (χ1) is 20.9. The van der Waals surface area contributed by atoms with Crippen LogP contribution in [-0.4, -0.2) is 78.1 Å². The third-order valence-electron chi connectivity index (χ3n) is 6.73. The second-order valence-electron chi connectivity index (χ2n) is 11.4. The molecule has 1 aromatic heterocycles. The van der Waals surface area contributed by atoms with Gasteiger partial charge in [-0.1, -0.05) is 12.8 Å². The van der Waals surface area contributed by atoms with E-state index in [-0.39, 0.29) is 36.3 Å². The average Bonchev–Trinajstić information content (AvgIpc) is 3.51. The lowest BCUT2D eigenvalue weighted by atomic mass is 9.99. The van der Waals surface area contributed by atoms with Gasteiger partial charge in [-0.2, -0.15) is 10.6 Å². The van der Waals surface area contributed by atoms with E-state index in [0.717, 1.165) is 43.0 Å². The number of anilines is 1. The number of nitrogens with two attached hydrogens (primary N) is 3. The van der Waals surface area contributed by atoms with Crippen molar-refractivity contribution in [3.8, 4) is 0 Å². The first kappa shape index (κ1) is 35.0. The minimum Gasteiger partial charge on any atom is -0.444 e. The van der Waals surface area contributed by atoms with Crippen LogP contribution in [0.25, 0.3) is 0 Å². The number of carbonyl (C=O) groups is 2. The summed E-state index contributed by atoms with van der Waals surface area (Å²) < 4.78 is 25.9. The molecule has 0 spiro atoms. The molecule has 2 amide bonds. The van der Waals surface area contributed by atoms with Crippen molar-refractivity contribution in [2.24, 2.45) is 16.8 Å². The number of nitrogens with zero attached hydrogens (tertiary/aromatic N) is 4. The summed E-state index contributed by atoms with van der Waals surface area (Å²) in [7, 11) is 3.12. The molecule has 1 fully saturated rings. The first-order valence-corrected chi connectivity index (χ1v) is 15.2. The predicted molar refractivity (Wildman–Crippen MR) is 166 cm³/mol. The number of hydrogen-bond donors (Lipinski definition) is 4. The van der Waals surface area contributed by atoms with Crippen LogP contribution >= 0.6 is 11.8 Å². The van der Waals surface area contributed by atoms with Crippen LogP contribution in [0.5, 0.6) is 0 Å². The van der Waals surface area contributed by atoms with Crippen molar-refractivity contribution in [3.05, 3.63) is 47.4 Å². The number of rotatable bonds is 12. The van der Waals surface area contributed by atoms with Gasteiger partial charge >= 0.3 is 6.09 Å². The molecule has 44 heavy (non-hydrogen) atoms. The summed E-state index contributed by atoms with van der Waals surface area (Å²) in [5.74, 6) is 10.8. The van der Waals surface area contributed by atoms with Gasteiger partial charge in [0, 0.05) is 36.8 Å². The smallest absolute Gasteiger partial charge is 0.410 e. The van der Waals surface area contributed by atoms with Crippen molar-refractivity contribution in [1.82, 2.24) is 14.9 Å². The SMILES string of the molecule is CO[NH2+]c1ccc(S/C(=N/N)N(N)CCOCCN(C)C(=O)OC(C)(C)C)c(C(=O)Nc2ncc(C3CCCC3)cc2F)c1. The number of hydrazone groups is 1. The van der Waals surface area contributed by atoms with Crippen molar-refractivity contribution in [2.45, 2.75) is 62.9 Å². The van der Waals surface area contributed by atoms with Crippen LogP contribution in [0.4, 0.5) is 20.7 Å². The number of pyridine rings is 1. The maximum absolute atomic E-state index is 15.0. The highest BCUT2D eigenvalue weighted by molar-refractivity contribution is 8.13. The number of hydrogen-bond acceptors (Lipinski definition) is 10. The van der Waals surface area contributed by atoms with Gasteiger partial charge in [0.2, 0.25) is 5.17 Å². The molecule has 0 atom stereocenters. The summed E-state index contributed by atoms with van der Waals surface area (Å²) in [6, 6.07) is 6.49. The summed E-state index contributed by atoms with van der Waals surface area (Å²) in [5, 5.41) is 7.88. The summed E-state index contributed by atoms with van der Waals surface area (Å²) in [6.45, 7) is 6.43. The largest absolute Gasteiger partial charge is 0.444 e. The molecular weight excluding hydrogens is 591 g/mol. The number of ether oxygens (including phenoxy) is 2. The number of halogens is 1. The van der Waals surface area contributed by atoms with Crippen LogP contribution in [0.2, 0.25) is 0 Å². The number of thioether (sulfide) groups is 1. The first-order valence-electron chi connectivity index (χ1n) is 14.4. The molecule has 3 rings (SSSR count). The fraction of sp³-hybridized carbons (Fsp3) is 0.517. The van der Waals surface area contributed by atoms with Gasteiger partial charge in [-0.15, -0.1) is 0 Å². The fourth-order valence-corrected chi connectivity index (χ4v) is 5.33. The summed E-state index contributed by atoms with van der Waals surface area (Å²) >= 11 is 1.06. The second kappa shape index (κ2) is 16.5. The Hall–Kier alpha value is -3.50. The van der Waals surface area contributed by atoms with Gasteiger partial charge in [0.25, 0.3) is 5.91 Å². The van der Waals surface area contributed by atoms with E-state index in [9.17, 15) is 14.0 Å². The fourth-order valence-electron chi connectivity index (χ4n) is 4.48. The predicted octanol–water partition coefficient (Wildman–Crippen LogP) is 3.27. The lowest BCUT2D eigenvalue weighted by Gasteiger charge is -2.24. The minimum absolute atomic E-state index is 0.156. The molecule has 0 radical (unpaired) electrons. The monoisotopic (exact) mass is 635 g/mol. The second-order valence-corrected chi connectivity index (χ2v) is 12.4. The Morgan fingerprint density at radius 2 is 1.91 bits per heavy atom. The molecule has 1 saturated carbocycles. The molecule has 13 nitrogen and oxygen atoms in total. The summed E-state index contributed by atoms with van der Waals surface area (Å²) in [6.07, 6.45) is 5.45. The van der Waals surface area contributed by atoms with E-state index < -0.39 is 23.4 Å². The van der Waals surface area contributed by atoms with Crippen molar-refractivity contribution >= 4 is 40.4 Å². The molecule has 1 aliphatic rings. The van der Waals surface area contributed by atoms with E-state index >= 15 is 0 Å². The van der Waals surface area contributed by atoms with Gasteiger partial charge < -0.3 is 25.5 Å². The number of amides is 2. The number of amidine groups is 1. The molecular formula is C29H44FN8O5S+. The van der Waals surface area contributed by atoms with E-state index in [1.165, 1.54) is 28.6 Å². The van der Waals surface area contributed by atoms with Crippen molar-refractivity contribution < 1.29 is 33.8 Å². The molecule has 7 N–H and O–H groups in total. The van der Waals surface area contributed by atoms with Gasteiger partial charge in [0.15, 0.2) is 17.3 Å². The normalized spacial score (nSPS) is 14.0. The van der Waals surface area contributed by atoms with Crippen LogP contribution in [-0.2, 0) is 14.3 Å². The number of aromatic nitrogens is 1. The average molecular weight is 636 g/mol. The zero-order chi connectivity index (χ0) is 32.3. The Bertz CT molecular complexity index is 1300. The molecule has 15 heteroatoms. The molecule has 1 heterocycles. The Labute approximate surface area is 261 Å². The lowest BCUT2D eigenvalue weighted by molar-refractivity contribution is -0.830. The molecule has 0 unspecified atom stereocenters. The molecule has 2 aromatic rings. The number of hydrazine groups is 1. The standard InChI is InChI=1S/C29H43FN8O5S/c1-29(2,3)43-28(40)37(4)12-14-42-15-13-38(32)27(35-31)44-24-11-10-21(36-41-5)17-22(24)26(39)34-25-23(30)16-20(18-33-25)19-8-6-7-9-19/h10-11,16-19,36H,6-9,12-15,31-32H2,1-5H3,(H,33,34,39)/p+1/b35-27+. The van der Waals surface area contributed by atoms with Crippen LogP contribution in [0, 0.1) is 5.82 Å². The number of carbonyl (C=O) groups excluding carboxylic acids is 2. The minimum atomic E-state index is -0.591. The maximum atomic E-state index is 15.0. The highest BCUT2D eigenvalue weighted by atomic mass is 32.2. The Kier molecular flexibility index (Phi) is 13.1. The van der Waals surface area contributed by atoms with Gasteiger partial charge in [-0.25, -0.2) is 24.8 Å².